The van der Waals surface area contributed by atoms with Crippen LogP contribution in [0.3, 0.4) is 0 Å². The molecule has 12 heteroatoms. The first-order chi connectivity index (χ1) is 30.0. The van der Waals surface area contributed by atoms with E-state index in [-0.39, 0.29) is 18.7 Å². The summed E-state index contributed by atoms with van der Waals surface area (Å²) in [4.78, 5) is 56.8. The zero-order valence-electron chi connectivity index (χ0n) is 35.5. The minimum atomic E-state index is -0.954. The highest BCUT2D eigenvalue weighted by molar-refractivity contribution is 6.32. The van der Waals surface area contributed by atoms with Gasteiger partial charge in [0.1, 0.15) is 12.1 Å². The van der Waals surface area contributed by atoms with Crippen molar-refractivity contribution in [2.75, 3.05) is 37.6 Å². The Kier molecular flexibility index (Phi) is 11.5. The molecule has 1 saturated carbocycles. The molecular formula is C50H52ClN7O4. The van der Waals surface area contributed by atoms with E-state index in [1.165, 1.54) is 32.2 Å². The molecule has 62 heavy (non-hydrogen) atoms. The van der Waals surface area contributed by atoms with Gasteiger partial charge in [0, 0.05) is 54.5 Å². The third-order valence-electron chi connectivity index (χ3n) is 14.5. The van der Waals surface area contributed by atoms with E-state index in [9.17, 15) is 24.4 Å². The van der Waals surface area contributed by atoms with E-state index in [0.29, 0.717) is 39.6 Å². The van der Waals surface area contributed by atoms with Crippen LogP contribution in [0.1, 0.15) is 113 Å². The highest BCUT2D eigenvalue weighted by Crippen LogP contribution is 2.43. The van der Waals surface area contributed by atoms with Crippen molar-refractivity contribution in [3.8, 4) is 29.2 Å². The van der Waals surface area contributed by atoms with Crippen molar-refractivity contribution < 1.29 is 19.2 Å². The fourth-order valence-electron chi connectivity index (χ4n) is 10.3. The summed E-state index contributed by atoms with van der Waals surface area (Å²) in [6.45, 7) is 10.1. The summed E-state index contributed by atoms with van der Waals surface area (Å²) in [5.74, 6) is 6.35. The molecule has 1 atom stereocenters. The lowest BCUT2D eigenvalue weighted by atomic mass is 9.71. The van der Waals surface area contributed by atoms with Gasteiger partial charge in [-0.25, -0.2) is 0 Å². The number of nitrogens with one attached hydrogen (secondary N) is 1. The van der Waals surface area contributed by atoms with Crippen LogP contribution in [0.4, 0.5) is 5.69 Å². The fraction of sp³-hybridized carbons (Fsp3) is 0.440. The van der Waals surface area contributed by atoms with Crippen LogP contribution in [0.15, 0.2) is 60.7 Å². The molecule has 1 unspecified atom stereocenters. The molecule has 1 spiro atoms. The summed E-state index contributed by atoms with van der Waals surface area (Å²) in [6.07, 6.45) is 9.70. The van der Waals surface area contributed by atoms with Crippen LogP contribution in [0.5, 0.6) is 0 Å². The first-order valence-electron chi connectivity index (χ1n) is 22.1. The fourth-order valence-corrected chi connectivity index (χ4v) is 10.6. The number of imide groups is 2. The van der Waals surface area contributed by atoms with Crippen LogP contribution >= 0.6 is 11.6 Å². The third kappa shape index (κ3) is 8.29. The number of likely N-dealkylation sites (tertiary alicyclic amines) is 1. The molecule has 4 amide bonds. The number of carbonyl (C=O) groups is 4. The van der Waals surface area contributed by atoms with E-state index in [2.05, 4.69) is 71.1 Å². The number of benzene rings is 3. The van der Waals surface area contributed by atoms with E-state index in [1.54, 1.807) is 12.1 Å². The van der Waals surface area contributed by atoms with Crippen molar-refractivity contribution in [1.82, 2.24) is 24.9 Å². The molecule has 9 rings (SSSR count). The van der Waals surface area contributed by atoms with Gasteiger partial charge in [-0.15, -0.1) is 0 Å². The molecule has 1 N–H and O–H groups in total. The second-order valence-corrected chi connectivity index (χ2v) is 18.6. The van der Waals surface area contributed by atoms with Gasteiger partial charge in [-0.1, -0.05) is 41.6 Å². The smallest absolute Gasteiger partial charge is 0.262 e. The van der Waals surface area contributed by atoms with E-state index < -0.39 is 23.8 Å². The number of halogens is 1. The lowest BCUT2D eigenvalue weighted by Crippen LogP contribution is -2.54. The Morgan fingerprint density at radius 2 is 1.55 bits per heavy atom. The Bertz CT molecular complexity index is 2540. The Labute approximate surface area is 368 Å². The molecule has 5 heterocycles. The molecule has 3 saturated heterocycles. The summed E-state index contributed by atoms with van der Waals surface area (Å²) >= 11 is 6.32. The standard InChI is InChI=1S/C50H52ClN7O4/c1-32-33(2)57(54-46(32)38-13-14-39(29-52)43(51)27-38)31-37-11-7-35(8-12-37)4-3-34-5-9-36(10-6-34)30-55-23-19-50(20-24-55)21-25-56(26-22-50)40-15-16-41-42(28-40)49(62)58(48(41)61)44-17-18-45(59)53-47(44)60/h7-8,11-16,27-28,34,36,44H,5-6,9-10,17-26,30-31H2,1-2H3,(H,53,59,60). The number of amides is 4. The largest absolute Gasteiger partial charge is 0.371 e. The Hall–Kier alpha value is -5.75. The predicted octanol–water partition coefficient (Wildman–Crippen LogP) is 7.68. The van der Waals surface area contributed by atoms with Crippen molar-refractivity contribution >= 4 is 40.9 Å². The number of hydrogen-bond acceptors (Lipinski definition) is 8. The molecule has 0 radical (unpaired) electrons. The molecular weight excluding hydrogens is 798 g/mol. The molecule has 0 bridgehead atoms. The van der Waals surface area contributed by atoms with Gasteiger partial charge in [0.25, 0.3) is 11.8 Å². The summed E-state index contributed by atoms with van der Waals surface area (Å²) in [6, 6.07) is 20.6. The Balaban J connectivity index is 0.712. The first kappa shape index (κ1) is 41.6. The van der Waals surface area contributed by atoms with Crippen LogP contribution in [-0.4, -0.2) is 82.0 Å². The van der Waals surface area contributed by atoms with Gasteiger partial charge in [-0.2, -0.15) is 10.4 Å². The summed E-state index contributed by atoms with van der Waals surface area (Å²) in [5.41, 5.74) is 8.61. The molecule has 4 fully saturated rings. The summed E-state index contributed by atoms with van der Waals surface area (Å²) < 4.78 is 2.03. The highest BCUT2D eigenvalue weighted by atomic mass is 35.5. The van der Waals surface area contributed by atoms with Gasteiger partial charge in [0.05, 0.1) is 34.0 Å². The molecule has 1 aliphatic carbocycles. The Morgan fingerprint density at radius 3 is 2.24 bits per heavy atom. The quantitative estimate of drug-likeness (QED) is 0.148. The van der Waals surface area contributed by atoms with Crippen LogP contribution < -0.4 is 10.2 Å². The maximum atomic E-state index is 13.4. The van der Waals surface area contributed by atoms with E-state index in [1.807, 2.05) is 28.9 Å². The van der Waals surface area contributed by atoms with Crippen molar-refractivity contribution in [1.29, 1.82) is 5.26 Å². The van der Waals surface area contributed by atoms with Gasteiger partial charge >= 0.3 is 0 Å². The van der Waals surface area contributed by atoms with E-state index in [4.69, 9.17) is 16.7 Å². The number of aromatic nitrogens is 2. The molecule has 4 aliphatic heterocycles. The number of anilines is 1. The van der Waals surface area contributed by atoms with Gasteiger partial charge in [-0.3, -0.25) is 34.1 Å². The van der Waals surface area contributed by atoms with Crippen molar-refractivity contribution in [2.45, 2.75) is 90.6 Å². The molecule has 4 aromatic rings. The van der Waals surface area contributed by atoms with Gasteiger partial charge in [0.15, 0.2) is 0 Å². The summed E-state index contributed by atoms with van der Waals surface area (Å²) in [5, 5.41) is 16.9. The highest BCUT2D eigenvalue weighted by Gasteiger charge is 2.45. The first-order valence-corrected chi connectivity index (χ1v) is 22.5. The lowest BCUT2D eigenvalue weighted by Gasteiger charge is -2.48. The Morgan fingerprint density at radius 1 is 0.839 bits per heavy atom. The monoisotopic (exact) mass is 849 g/mol. The predicted molar refractivity (Wildman–Crippen MR) is 237 cm³/mol. The number of piperidine rings is 3. The summed E-state index contributed by atoms with van der Waals surface area (Å²) in [7, 11) is 0. The molecule has 5 aliphatic rings. The normalized spacial score (nSPS) is 22.6. The average Bonchev–Trinajstić information content (AvgIpc) is 3.70. The number of rotatable bonds is 7. The third-order valence-corrected chi connectivity index (χ3v) is 14.8. The molecule has 3 aromatic carbocycles. The second kappa shape index (κ2) is 17.2. The average molecular weight is 850 g/mol. The lowest BCUT2D eigenvalue weighted by molar-refractivity contribution is -0.136. The van der Waals surface area contributed by atoms with Gasteiger partial charge < -0.3 is 9.80 Å². The van der Waals surface area contributed by atoms with Gasteiger partial charge in [0.2, 0.25) is 11.8 Å². The maximum absolute atomic E-state index is 13.4. The molecule has 1 aromatic heterocycles. The number of carbonyl (C=O) groups excluding carboxylic acids is 4. The van der Waals surface area contributed by atoms with Crippen molar-refractivity contribution in [3.05, 3.63) is 105 Å². The molecule has 318 valence electrons. The minimum Gasteiger partial charge on any atom is -0.371 e. The molecule has 11 nitrogen and oxygen atoms in total. The number of nitrogens with zero attached hydrogens (tertiary/aromatic N) is 6. The maximum Gasteiger partial charge on any atom is 0.262 e. The zero-order chi connectivity index (χ0) is 43.1. The van der Waals surface area contributed by atoms with Crippen LogP contribution in [0.25, 0.3) is 11.3 Å². The van der Waals surface area contributed by atoms with Gasteiger partial charge in [-0.05, 0) is 150 Å². The van der Waals surface area contributed by atoms with E-state index >= 15 is 0 Å². The number of hydrogen-bond donors (Lipinski definition) is 1. The van der Waals surface area contributed by atoms with E-state index in [0.717, 1.165) is 102 Å². The minimum absolute atomic E-state index is 0.108. The van der Waals surface area contributed by atoms with Crippen LogP contribution in [0, 0.1) is 54.3 Å². The topological polar surface area (TPSA) is 132 Å². The zero-order valence-corrected chi connectivity index (χ0v) is 36.3. The van der Waals surface area contributed by atoms with Crippen molar-refractivity contribution in [2.24, 2.45) is 17.3 Å². The van der Waals surface area contributed by atoms with Crippen LogP contribution in [0.2, 0.25) is 5.02 Å². The number of fused-ring (bicyclic) bond motifs is 1. The van der Waals surface area contributed by atoms with Crippen molar-refractivity contribution in [3.63, 3.8) is 0 Å². The second-order valence-electron chi connectivity index (χ2n) is 18.2. The van der Waals surface area contributed by atoms with Crippen LogP contribution in [-0.2, 0) is 16.1 Å². The number of nitriles is 1. The SMILES string of the molecule is Cc1c(-c2ccc(C#N)c(Cl)c2)nn(Cc2ccc(C#CC3CCC(CN4CCC5(CC4)CCN(c4ccc6c(c4)C(=O)N(C4CCC(=O)NC4=O)C6=O)CC5)CC3)cc2)c1C.